The Kier molecular flexibility index (Phi) is 21.2. The topological polar surface area (TPSA) is 274 Å². The van der Waals surface area contributed by atoms with E-state index in [-0.39, 0.29) is 65.2 Å². The monoisotopic (exact) mass is 1360 g/mol. The molecule has 99 heavy (non-hydrogen) atoms. The van der Waals surface area contributed by atoms with Crippen LogP contribution in [0, 0.1) is 51.8 Å². The predicted molar refractivity (Wildman–Crippen MR) is 364 cm³/mol. The summed E-state index contributed by atoms with van der Waals surface area (Å²) in [6.45, 7) is 19.0. The molecule has 19 nitrogen and oxygen atoms in total. The van der Waals surface area contributed by atoms with Crippen molar-refractivity contribution in [1.82, 2.24) is 5.32 Å². The zero-order valence-corrected chi connectivity index (χ0v) is 58.4. The van der Waals surface area contributed by atoms with Crippen LogP contribution in [0.25, 0.3) is 0 Å². The number of fused-ring (bicyclic) bond motifs is 6. The molecule has 14 unspecified atom stereocenters. The molecule has 3 aromatic rings. The summed E-state index contributed by atoms with van der Waals surface area (Å²) in [4.78, 5) is 116. The molecule has 0 spiro atoms. The lowest BCUT2D eigenvalue weighted by molar-refractivity contribution is -0.346. The van der Waals surface area contributed by atoms with Crippen LogP contribution in [0.5, 0.6) is 0 Å². The normalized spacial score (nSPS) is 33.6. The molecule has 4 N–H and O–H groups in total. The van der Waals surface area contributed by atoms with E-state index in [0.717, 1.165) is 82.8 Å². The molecule has 18 atom stereocenters. The molecule has 19 heteroatoms. The summed E-state index contributed by atoms with van der Waals surface area (Å²) in [6, 6.07) is 22.8. The number of ether oxygens (including phenoxy) is 7. The van der Waals surface area contributed by atoms with Gasteiger partial charge in [0.1, 0.15) is 36.1 Å². The van der Waals surface area contributed by atoms with E-state index in [1.165, 1.54) is 31.6 Å². The Labute approximate surface area is 580 Å². The van der Waals surface area contributed by atoms with E-state index in [1.807, 2.05) is 6.08 Å². The first-order valence-electron chi connectivity index (χ1n) is 35.4. The number of ketones is 1. The van der Waals surface area contributed by atoms with Crippen LogP contribution in [0.4, 0.5) is 0 Å². The molecule has 11 rings (SSSR count). The molecule has 8 aliphatic rings. The average molecular weight is 1360 g/mol. The maximum Gasteiger partial charge on any atom is 0.338 e. The molecule has 7 fully saturated rings. The number of carbonyl (C=O) groups excluding carboxylic acids is 8. The van der Waals surface area contributed by atoms with Gasteiger partial charge in [-0.15, -0.1) is 0 Å². The molecule has 530 valence electrons. The highest BCUT2D eigenvalue weighted by molar-refractivity contribution is 5.97. The number of rotatable bonds is 21. The Morgan fingerprint density at radius 2 is 1.45 bits per heavy atom. The van der Waals surface area contributed by atoms with Crippen molar-refractivity contribution < 1.29 is 86.8 Å². The lowest BCUT2D eigenvalue weighted by Crippen LogP contribution is -2.82. The smallest absolute Gasteiger partial charge is 0.338 e. The first kappa shape index (κ1) is 72.4. The van der Waals surface area contributed by atoms with Gasteiger partial charge in [-0.3, -0.25) is 28.8 Å². The molecule has 1 amide bonds. The number of Topliss-reactive ketones (excluding diaryl/α,β-unsaturated/α-hetero) is 1. The first-order chi connectivity index (χ1) is 47.0. The Bertz CT molecular complexity index is 3720. The summed E-state index contributed by atoms with van der Waals surface area (Å²) in [6.07, 6.45) is 5.12. The molecule has 1 aliphatic heterocycles. The minimum absolute atomic E-state index is 0.0108. The highest BCUT2D eigenvalue weighted by Crippen LogP contribution is 2.66. The number of hydrogen-bond donors (Lipinski definition) is 4. The lowest BCUT2D eigenvalue weighted by Gasteiger charge is -2.67. The van der Waals surface area contributed by atoms with Crippen LogP contribution >= 0.6 is 0 Å². The average Bonchev–Trinajstić information content (AvgIpc) is 1.35. The maximum atomic E-state index is 16.6. The Hall–Kier alpha value is -7.84. The van der Waals surface area contributed by atoms with Crippen LogP contribution in [0.1, 0.15) is 185 Å². The highest BCUT2D eigenvalue weighted by Gasteiger charge is 2.79. The van der Waals surface area contributed by atoms with Gasteiger partial charge in [0.25, 0.3) is 5.91 Å². The van der Waals surface area contributed by atoms with Gasteiger partial charge in [0.15, 0.2) is 23.6 Å². The zero-order valence-electron chi connectivity index (χ0n) is 58.4. The summed E-state index contributed by atoms with van der Waals surface area (Å²) >= 11 is 0. The van der Waals surface area contributed by atoms with E-state index in [4.69, 9.17) is 33.2 Å². The van der Waals surface area contributed by atoms with Gasteiger partial charge in [0.2, 0.25) is 0 Å². The van der Waals surface area contributed by atoms with Gasteiger partial charge in [-0.05, 0) is 171 Å². The molecule has 2 bridgehead atoms. The van der Waals surface area contributed by atoms with Crippen LogP contribution in [0.2, 0.25) is 0 Å². The van der Waals surface area contributed by atoms with Gasteiger partial charge in [-0.25, -0.2) is 9.59 Å². The lowest BCUT2D eigenvalue weighted by atomic mass is 9.44. The number of aliphatic hydroxyl groups excluding tert-OH is 2. The zero-order chi connectivity index (χ0) is 71.1. The number of aliphatic hydroxyl groups is 3. The van der Waals surface area contributed by atoms with E-state index in [0.29, 0.717) is 23.3 Å². The van der Waals surface area contributed by atoms with Gasteiger partial charge >= 0.3 is 35.8 Å². The Morgan fingerprint density at radius 1 is 0.798 bits per heavy atom. The van der Waals surface area contributed by atoms with Gasteiger partial charge in [0, 0.05) is 50.5 Å². The minimum atomic E-state index is -2.53. The van der Waals surface area contributed by atoms with Crippen molar-refractivity contribution in [3.63, 3.8) is 0 Å². The first-order valence-corrected chi connectivity index (χ1v) is 35.4. The summed E-state index contributed by atoms with van der Waals surface area (Å²) in [5.41, 5.74) is -4.25. The van der Waals surface area contributed by atoms with Crippen LogP contribution in [-0.2, 0) is 61.9 Å². The van der Waals surface area contributed by atoms with E-state index < -0.39 is 143 Å². The fourth-order valence-electron chi connectivity index (χ4n) is 18.1. The molecule has 0 aromatic heterocycles. The third-order valence-electron chi connectivity index (χ3n) is 23.6. The molecular weight excluding hydrogens is 1260 g/mol. The largest absolute Gasteiger partial charge is 0.461 e. The van der Waals surface area contributed by atoms with Gasteiger partial charge in [-0.2, -0.15) is 0 Å². The minimum Gasteiger partial charge on any atom is -0.461 e. The van der Waals surface area contributed by atoms with E-state index in [2.05, 4.69) is 50.9 Å². The Balaban J connectivity index is 0.856. The van der Waals surface area contributed by atoms with Crippen LogP contribution in [0.15, 0.2) is 150 Å². The second-order valence-electron chi connectivity index (χ2n) is 30.3. The van der Waals surface area contributed by atoms with Crippen LogP contribution < -0.4 is 5.32 Å². The number of nitrogens with one attached hydrogen (secondary N) is 1. The molecule has 3 aromatic carbocycles. The quantitative estimate of drug-likeness (QED) is 0.0438. The van der Waals surface area contributed by atoms with Crippen molar-refractivity contribution in [1.29, 1.82) is 0 Å². The summed E-state index contributed by atoms with van der Waals surface area (Å²) in [7, 11) is 0. The Morgan fingerprint density at radius 3 is 2.09 bits per heavy atom. The fraction of sp³-hybridized carbons (Fsp3) is 0.550. The number of carbonyl (C=O) groups is 8. The van der Waals surface area contributed by atoms with Crippen molar-refractivity contribution >= 4 is 47.5 Å². The van der Waals surface area contributed by atoms with Crippen molar-refractivity contribution in [3.05, 3.63) is 166 Å². The molecular formula is C80H97NO18. The standard InChI is InChI=1S/C80H97NO18/c1-45-40-56(47(3)59(84)41-45)35-32-51-28-21-39-77(9)57(36-37-58(51)77)46(2)31-38-60(52-33-34-52)95-64(85)29-20-30-65(86)97-62-42-63-79(44-93-63,99-50(6)83)70-72(98-74(90)55-26-18-13-19-27-55)80(92)43-61(48(4)66(76(80,7)8)69(94-49(5)82)71(88)78(62,70)10)96-75(91)68(87)67(53-22-14-11-15-23-53)81-73(89)54-24-16-12-17-25-54/h11-19,22-27,31-32,35,38,45-46,52,57-63,67-70,72,84,87,92H,3,20-21,28-30,33-34,36-37,39-44H2,1-2,4-10H3,(H,81,89)/b38-31+,51-32+,56-35-/t45-,46+,57?,58?,59+,60?,61?,62?,63?,67?,68?,69?,70?,72?,77-,78?,79?,80?/m1/s1. The van der Waals surface area contributed by atoms with Gasteiger partial charge in [0.05, 0.1) is 35.6 Å². The number of allylic oxidation sites excluding steroid dienone is 4. The van der Waals surface area contributed by atoms with E-state index in [9.17, 15) is 48.9 Å². The highest BCUT2D eigenvalue weighted by atomic mass is 16.6. The van der Waals surface area contributed by atoms with Crippen molar-refractivity contribution in [2.24, 2.45) is 51.8 Å². The molecule has 7 aliphatic carbocycles. The summed E-state index contributed by atoms with van der Waals surface area (Å²) in [5.74, 6) is -6.95. The van der Waals surface area contributed by atoms with E-state index >= 15 is 4.79 Å². The molecule has 1 heterocycles. The van der Waals surface area contributed by atoms with Crippen LogP contribution in [-0.4, -0.2) is 129 Å². The van der Waals surface area contributed by atoms with Crippen molar-refractivity contribution in [2.45, 2.75) is 218 Å². The second kappa shape index (κ2) is 29.0. The number of hydrogen-bond acceptors (Lipinski definition) is 18. The number of amides is 1. The second-order valence-corrected chi connectivity index (χ2v) is 30.3. The summed E-state index contributed by atoms with van der Waals surface area (Å²) < 4.78 is 44.2. The third-order valence-corrected chi connectivity index (χ3v) is 23.6. The number of benzene rings is 3. The van der Waals surface area contributed by atoms with Gasteiger partial charge in [-0.1, -0.05) is 132 Å². The van der Waals surface area contributed by atoms with E-state index in [1.54, 1.807) is 92.7 Å². The summed E-state index contributed by atoms with van der Waals surface area (Å²) in [5, 5.41) is 39.8. The molecule has 6 saturated carbocycles. The predicted octanol–water partition coefficient (Wildman–Crippen LogP) is 11.4. The fourth-order valence-corrected chi connectivity index (χ4v) is 18.1. The van der Waals surface area contributed by atoms with Crippen molar-refractivity contribution in [2.75, 3.05) is 6.61 Å². The third kappa shape index (κ3) is 14.2. The van der Waals surface area contributed by atoms with Crippen molar-refractivity contribution in [3.8, 4) is 0 Å². The molecule has 0 radical (unpaired) electrons. The van der Waals surface area contributed by atoms with Crippen LogP contribution in [0.3, 0.4) is 0 Å². The SMILES string of the molecule is C=C1/C(=C\C=C2/CCC[C@@]3(C)C2CCC3[C@@H](C)/C=C/C(OC(=O)CCCC(=O)OC2CC3OCC3(OC(C)=O)C3C(OC(=O)c4ccccc4)C4(O)CC(OC(=O)C(O)C(NC(=O)c5ccccc5)c5ccccc5)C(C)=C(C(OC(C)=O)C(=O)C23C)C4(C)C)C2CC2)C[C@@H](C)C[C@@H]1O. The maximum absolute atomic E-state index is 16.6. The molecule has 1 saturated heterocycles. The van der Waals surface area contributed by atoms with Gasteiger partial charge < -0.3 is 53.8 Å². The number of esters is 6.